The van der Waals surface area contributed by atoms with E-state index in [1.165, 1.54) is 0 Å². The lowest BCUT2D eigenvalue weighted by molar-refractivity contribution is -0.219. The largest absolute Gasteiger partial charge is 0.373 e. The first-order valence-electron chi connectivity index (χ1n) is 1.42. The first-order chi connectivity index (χ1) is 3.41. The lowest BCUT2D eigenvalue weighted by atomic mass is 11.7. The summed E-state index contributed by atoms with van der Waals surface area (Å²) in [7, 11) is 0.599. The highest BCUT2D eigenvalue weighted by atomic mass is 31.1. The van der Waals surface area contributed by atoms with Crippen molar-refractivity contribution in [1.29, 1.82) is 0 Å². The number of rotatable bonds is 0. The second-order valence-corrected chi connectivity index (χ2v) is 1.32. The van der Waals surface area contributed by atoms with Crippen LogP contribution in [0.2, 0.25) is 0 Å². The summed E-state index contributed by atoms with van der Waals surface area (Å²) >= 11 is 0. The molecule has 7 heavy (non-hydrogen) atoms. The maximum absolute atomic E-state index is 8.12. The number of carbonyl (C=O) groups excluding carboxylic acids is 2. The van der Waals surface area contributed by atoms with Crippen molar-refractivity contribution in [1.82, 2.24) is 0 Å². The topological polar surface area (TPSA) is 52.6 Å². The zero-order valence-electron chi connectivity index (χ0n) is 3.34. The van der Waals surface area contributed by atoms with E-state index in [1.54, 1.807) is 0 Å². The summed E-state index contributed by atoms with van der Waals surface area (Å²) in [5, 5.41) is 0. The van der Waals surface area contributed by atoms with Gasteiger partial charge in [0.2, 0.25) is 0 Å². The molecule has 1 atom stereocenters. The van der Waals surface area contributed by atoms with Crippen LogP contribution in [0.5, 0.6) is 0 Å². The molecule has 1 aliphatic rings. The molecule has 1 aliphatic heterocycles. The van der Waals surface area contributed by atoms with E-state index in [9.17, 15) is 0 Å². The molecule has 0 aromatic carbocycles. The summed E-state index contributed by atoms with van der Waals surface area (Å²) in [4.78, 5) is 20.5. The van der Waals surface area contributed by atoms with Gasteiger partial charge in [0.15, 0.2) is 0 Å². The predicted octanol–water partition coefficient (Wildman–Crippen LogP) is -0.0843. The van der Waals surface area contributed by atoms with Gasteiger partial charge in [-0.1, -0.05) is 0 Å². The molecule has 40 valence electrons. The van der Waals surface area contributed by atoms with Crippen molar-refractivity contribution in [3.8, 4) is 0 Å². The molecule has 1 rings (SSSR count). The van der Waals surface area contributed by atoms with Gasteiger partial charge in [0.05, 0.1) is 8.81 Å². The van der Waals surface area contributed by atoms with Crippen molar-refractivity contribution >= 4 is 15.0 Å². The first-order valence-corrected chi connectivity index (χ1v) is 2.54. The maximum Gasteiger partial charge on any atom is 0.373 e. The highest BCUT2D eigenvalue weighted by molar-refractivity contribution is 7.32. The second kappa shape index (κ2) is 5.73. The highest BCUT2D eigenvalue weighted by Gasteiger charge is 1.96. The Morgan fingerprint density at radius 3 is 1.71 bits per heavy atom. The fourth-order valence-corrected chi connectivity index (χ4v) is 0.177. The van der Waals surface area contributed by atoms with Crippen LogP contribution in [-0.4, -0.2) is 12.5 Å². The molecule has 0 N–H and O–H groups in total. The van der Waals surface area contributed by atoms with Crippen molar-refractivity contribution in [3.63, 3.8) is 0 Å². The highest BCUT2D eigenvalue weighted by Crippen LogP contribution is 2.22. The van der Waals surface area contributed by atoms with Gasteiger partial charge in [-0.2, -0.15) is 9.59 Å². The van der Waals surface area contributed by atoms with Crippen molar-refractivity contribution in [2.75, 3.05) is 6.35 Å². The molecule has 0 aromatic heterocycles. The average Bonchev–Trinajstić information content (AvgIpc) is 1.27. The van der Waals surface area contributed by atoms with E-state index < -0.39 is 0 Å². The molecule has 1 fully saturated rings. The van der Waals surface area contributed by atoms with Crippen molar-refractivity contribution in [3.05, 3.63) is 0 Å². The summed E-state index contributed by atoms with van der Waals surface area (Å²) in [6, 6.07) is 0. The lowest BCUT2D eigenvalue weighted by Gasteiger charge is -2.07. The fraction of sp³-hybridized carbons (Fsp3) is 0.500. The zero-order valence-corrected chi connectivity index (χ0v) is 4.34. The molecular weight excluding hydrogens is 119 g/mol. The predicted molar refractivity (Wildman–Crippen MR) is 20.4 cm³/mol. The third-order valence-corrected chi connectivity index (χ3v) is 0.707. The van der Waals surface area contributed by atoms with E-state index in [-0.39, 0.29) is 6.15 Å². The van der Waals surface area contributed by atoms with E-state index in [0.717, 1.165) is 6.35 Å². The average molecular weight is 122 g/mol. The van der Waals surface area contributed by atoms with Gasteiger partial charge < -0.3 is 0 Å². The quantitative estimate of drug-likeness (QED) is 0.333. The van der Waals surface area contributed by atoms with Crippen molar-refractivity contribution < 1.29 is 19.2 Å². The normalized spacial score (nSPS) is 18.3. The smallest absolute Gasteiger partial charge is 0.227 e. The Kier molecular flexibility index (Phi) is 5.51. The van der Waals surface area contributed by atoms with Crippen molar-refractivity contribution in [2.24, 2.45) is 0 Å². The van der Waals surface area contributed by atoms with Crippen LogP contribution in [0.15, 0.2) is 0 Å². The lowest BCUT2D eigenvalue weighted by Crippen LogP contribution is -1.93. The maximum atomic E-state index is 8.12. The Morgan fingerprint density at radius 2 is 1.71 bits per heavy atom. The monoisotopic (exact) mass is 122 g/mol. The molecule has 0 radical (unpaired) electrons. The molecule has 0 bridgehead atoms. The van der Waals surface area contributed by atoms with Crippen LogP contribution in [0.3, 0.4) is 0 Å². The van der Waals surface area contributed by atoms with Crippen LogP contribution in [-0.2, 0) is 19.2 Å². The standard InChI is InChI=1S/CH3O2P.CO2/c1-2-3-4-1;2-1-3/h4H,1H2;. The Bertz CT molecular complexity index is 58.1. The Balaban J connectivity index is 0.000000110. The van der Waals surface area contributed by atoms with Crippen LogP contribution < -0.4 is 0 Å². The summed E-state index contributed by atoms with van der Waals surface area (Å²) < 4.78 is 4.25. The van der Waals surface area contributed by atoms with E-state index >= 15 is 0 Å². The van der Waals surface area contributed by atoms with Gasteiger partial charge in [-0.05, 0) is 0 Å². The third-order valence-electron chi connectivity index (χ3n) is 0.236. The summed E-state index contributed by atoms with van der Waals surface area (Å²) in [5.41, 5.74) is 0. The van der Waals surface area contributed by atoms with E-state index in [1.807, 2.05) is 0 Å². The molecule has 1 heterocycles. The van der Waals surface area contributed by atoms with Crippen molar-refractivity contribution in [2.45, 2.75) is 0 Å². The third kappa shape index (κ3) is 5.73. The van der Waals surface area contributed by atoms with Gasteiger partial charge in [-0.25, -0.2) is 9.56 Å². The molecule has 0 aromatic rings. The van der Waals surface area contributed by atoms with Gasteiger partial charge in [0.25, 0.3) is 0 Å². The Morgan fingerprint density at radius 1 is 1.57 bits per heavy atom. The molecule has 1 saturated heterocycles. The first kappa shape index (κ1) is 6.73. The van der Waals surface area contributed by atoms with Gasteiger partial charge in [0.1, 0.15) is 6.35 Å². The summed E-state index contributed by atoms with van der Waals surface area (Å²) in [5.74, 6) is 0. The van der Waals surface area contributed by atoms with Gasteiger partial charge >= 0.3 is 6.15 Å². The Labute approximate surface area is 41.6 Å². The van der Waals surface area contributed by atoms with E-state index in [4.69, 9.17) is 9.59 Å². The molecule has 0 amide bonds. The van der Waals surface area contributed by atoms with Gasteiger partial charge in [-0.3, -0.25) is 0 Å². The van der Waals surface area contributed by atoms with Crippen LogP contribution in [0.1, 0.15) is 0 Å². The minimum absolute atomic E-state index is 0.250. The summed E-state index contributed by atoms with van der Waals surface area (Å²) in [6.45, 7) is 0. The molecule has 0 spiro atoms. The van der Waals surface area contributed by atoms with E-state index in [2.05, 4.69) is 9.56 Å². The van der Waals surface area contributed by atoms with Crippen LogP contribution in [0.25, 0.3) is 0 Å². The fourth-order valence-electron chi connectivity index (χ4n) is 0.0589. The molecule has 1 unspecified atom stereocenters. The molecular formula is C2H3O4P. The van der Waals surface area contributed by atoms with Gasteiger partial charge in [-0.15, -0.1) is 0 Å². The van der Waals surface area contributed by atoms with Crippen LogP contribution in [0, 0.1) is 0 Å². The molecule has 5 heteroatoms. The number of hydrogen-bond acceptors (Lipinski definition) is 4. The van der Waals surface area contributed by atoms with Crippen LogP contribution in [0.4, 0.5) is 0 Å². The van der Waals surface area contributed by atoms with Crippen LogP contribution >= 0.6 is 8.81 Å². The molecule has 0 aliphatic carbocycles. The second-order valence-electron chi connectivity index (χ2n) is 0.573. The SMILES string of the molecule is C1OOP1.O=C=O. The molecule has 0 saturated carbocycles. The number of hydrogen-bond donors (Lipinski definition) is 0. The summed E-state index contributed by atoms with van der Waals surface area (Å²) in [6.07, 6.45) is 1.06. The molecule has 4 nitrogen and oxygen atoms in total. The Hall–Kier alpha value is -0.270. The minimum atomic E-state index is 0.250. The zero-order chi connectivity index (χ0) is 5.54. The van der Waals surface area contributed by atoms with E-state index in [0.29, 0.717) is 8.81 Å². The van der Waals surface area contributed by atoms with Gasteiger partial charge in [0, 0.05) is 0 Å². The minimum Gasteiger partial charge on any atom is -0.227 e.